The molecule has 3 aromatic rings. The van der Waals surface area contributed by atoms with Crippen LogP contribution in [0.25, 0.3) is 5.65 Å². The van der Waals surface area contributed by atoms with Crippen molar-refractivity contribution in [2.45, 2.75) is 31.2 Å². The summed E-state index contributed by atoms with van der Waals surface area (Å²) in [6.07, 6.45) is -0.807. The number of methoxy groups -OCH3 is 1. The zero-order valence-corrected chi connectivity index (χ0v) is 17.7. The fraction of sp³-hybridized carbons (Fsp3) is 0.500. The van der Waals surface area contributed by atoms with Crippen LogP contribution in [0.5, 0.6) is 11.6 Å². The standard InChI is InChI=1S/C20H22F3N7O3/c1-31-13-4-6-30-16(7-13)27-28-19(30)29-5-2-3-12(9-29)25-18-24-8-15(20(21,22)23)17(26-18)33-14-10-32-11-14/h4,6-8,12,14H,2-3,5,9-11H2,1H3,(H,24,25,26)/t12-/m1/s1. The van der Waals surface area contributed by atoms with Gasteiger partial charge in [-0.05, 0) is 18.9 Å². The smallest absolute Gasteiger partial charge is 0.423 e. The molecule has 0 radical (unpaired) electrons. The number of halogens is 3. The van der Waals surface area contributed by atoms with E-state index in [2.05, 4.69) is 30.4 Å². The van der Waals surface area contributed by atoms with E-state index in [1.807, 2.05) is 16.7 Å². The van der Waals surface area contributed by atoms with E-state index < -0.39 is 23.7 Å². The van der Waals surface area contributed by atoms with Crippen LogP contribution in [0.1, 0.15) is 18.4 Å². The second-order valence-corrected chi connectivity index (χ2v) is 7.91. The first-order valence-electron chi connectivity index (χ1n) is 10.5. The predicted molar refractivity (Wildman–Crippen MR) is 111 cm³/mol. The molecule has 3 aromatic heterocycles. The summed E-state index contributed by atoms with van der Waals surface area (Å²) < 4.78 is 57.5. The first-order valence-corrected chi connectivity index (χ1v) is 10.5. The number of fused-ring (bicyclic) bond motifs is 1. The van der Waals surface area contributed by atoms with E-state index in [0.29, 0.717) is 23.9 Å². The minimum atomic E-state index is -4.61. The lowest BCUT2D eigenvalue weighted by Crippen LogP contribution is -2.43. The Morgan fingerprint density at radius 3 is 2.82 bits per heavy atom. The van der Waals surface area contributed by atoms with E-state index >= 15 is 0 Å². The minimum Gasteiger partial charge on any atom is -0.497 e. The summed E-state index contributed by atoms with van der Waals surface area (Å²) in [5.74, 6) is 0.964. The van der Waals surface area contributed by atoms with Gasteiger partial charge in [-0.1, -0.05) is 0 Å². The van der Waals surface area contributed by atoms with Crippen LogP contribution in [0.15, 0.2) is 24.5 Å². The normalized spacial score (nSPS) is 19.4. The van der Waals surface area contributed by atoms with Crippen LogP contribution >= 0.6 is 0 Å². The molecule has 0 saturated carbocycles. The molecule has 0 spiro atoms. The molecule has 1 N–H and O–H groups in total. The number of nitrogens with zero attached hydrogens (tertiary/aromatic N) is 6. The SMILES string of the molecule is COc1ccn2c(N3CCC[C@@H](Nc4ncc(C(F)(F)F)c(OC5COC5)n4)C3)nnc2c1. The quantitative estimate of drug-likeness (QED) is 0.588. The van der Waals surface area contributed by atoms with Gasteiger partial charge in [0.2, 0.25) is 17.8 Å². The summed E-state index contributed by atoms with van der Waals surface area (Å²) in [4.78, 5) is 9.99. The van der Waals surface area contributed by atoms with Crippen molar-refractivity contribution in [3.63, 3.8) is 0 Å². The van der Waals surface area contributed by atoms with Gasteiger partial charge in [0.15, 0.2) is 5.65 Å². The lowest BCUT2D eigenvalue weighted by atomic mass is 10.1. The number of pyridine rings is 1. The highest BCUT2D eigenvalue weighted by atomic mass is 19.4. The third kappa shape index (κ3) is 4.45. The number of hydrogen-bond donors (Lipinski definition) is 1. The Morgan fingerprint density at radius 2 is 2.09 bits per heavy atom. The van der Waals surface area contributed by atoms with Gasteiger partial charge in [-0.2, -0.15) is 18.2 Å². The molecule has 5 heterocycles. The average Bonchev–Trinajstić information content (AvgIpc) is 3.19. The van der Waals surface area contributed by atoms with Gasteiger partial charge in [0.1, 0.15) is 17.4 Å². The van der Waals surface area contributed by atoms with E-state index in [-0.39, 0.29) is 25.2 Å². The van der Waals surface area contributed by atoms with Crippen LogP contribution in [0.3, 0.4) is 0 Å². The summed E-state index contributed by atoms with van der Waals surface area (Å²) in [6, 6.07) is 3.52. The molecule has 2 saturated heterocycles. The Balaban J connectivity index is 1.33. The number of anilines is 2. The van der Waals surface area contributed by atoms with Crippen molar-refractivity contribution in [2.75, 3.05) is 43.6 Å². The molecule has 176 valence electrons. The number of alkyl halides is 3. The fourth-order valence-corrected chi connectivity index (χ4v) is 3.82. The van der Waals surface area contributed by atoms with E-state index in [4.69, 9.17) is 14.2 Å². The molecular formula is C20H22F3N7O3. The number of ether oxygens (including phenoxy) is 3. The molecule has 1 atom stereocenters. The molecular weight excluding hydrogens is 443 g/mol. The van der Waals surface area contributed by atoms with Gasteiger partial charge >= 0.3 is 6.18 Å². The maximum absolute atomic E-state index is 13.4. The molecule has 0 bridgehead atoms. The minimum absolute atomic E-state index is 0.0842. The zero-order valence-electron chi connectivity index (χ0n) is 17.7. The highest BCUT2D eigenvalue weighted by molar-refractivity contribution is 5.50. The first-order chi connectivity index (χ1) is 15.9. The van der Waals surface area contributed by atoms with Gasteiger partial charge in [-0.15, -0.1) is 10.2 Å². The summed E-state index contributed by atoms with van der Waals surface area (Å²) in [5.41, 5.74) is -0.345. The van der Waals surface area contributed by atoms with Crippen LogP contribution in [0.2, 0.25) is 0 Å². The molecule has 33 heavy (non-hydrogen) atoms. The highest BCUT2D eigenvalue weighted by Gasteiger charge is 2.38. The largest absolute Gasteiger partial charge is 0.497 e. The zero-order chi connectivity index (χ0) is 23.0. The number of aromatic nitrogens is 5. The van der Waals surface area contributed by atoms with Gasteiger partial charge in [0.05, 0.1) is 20.3 Å². The molecule has 2 aliphatic rings. The molecule has 0 aromatic carbocycles. The fourth-order valence-electron chi connectivity index (χ4n) is 3.82. The Kier molecular flexibility index (Phi) is 5.56. The van der Waals surface area contributed by atoms with Crippen LogP contribution in [-0.2, 0) is 10.9 Å². The second-order valence-electron chi connectivity index (χ2n) is 7.91. The lowest BCUT2D eigenvalue weighted by molar-refractivity contribution is -0.142. The molecule has 13 heteroatoms. The molecule has 2 fully saturated rings. The number of hydrogen-bond acceptors (Lipinski definition) is 9. The van der Waals surface area contributed by atoms with Crippen LogP contribution in [-0.4, -0.2) is 70.1 Å². The Bertz CT molecular complexity index is 1140. The summed E-state index contributed by atoms with van der Waals surface area (Å²) >= 11 is 0. The summed E-state index contributed by atoms with van der Waals surface area (Å²) in [5, 5.41) is 11.7. The molecule has 0 aliphatic carbocycles. The molecule has 0 amide bonds. The molecule has 2 aliphatic heterocycles. The second kappa shape index (κ2) is 8.54. The van der Waals surface area contributed by atoms with Crippen molar-refractivity contribution in [1.29, 1.82) is 0 Å². The van der Waals surface area contributed by atoms with E-state index in [9.17, 15) is 13.2 Å². The third-order valence-electron chi connectivity index (χ3n) is 5.58. The van der Waals surface area contributed by atoms with Crippen LogP contribution in [0, 0.1) is 0 Å². The van der Waals surface area contributed by atoms with Crippen LogP contribution < -0.4 is 19.7 Å². The van der Waals surface area contributed by atoms with Crippen molar-refractivity contribution in [3.8, 4) is 11.6 Å². The van der Waals surface area contributed by atoms with Crippen molar-refractivity contribution < 1.29 is 27.4 Å². The number of nitrogens with one attached hydrogen (secondary N) is 1. The van der Waals surface area contributed by atoms with Crippen LogP contribution in [0.4, 0.5) is 25.1 Å². The number of rotatable bonds is 6. The van der Waals surface area contributed by atoms with Gasteiger partial charge in [-0.3, -0.25) is 4.40 Å². The Hall–Kier alpha value is -3.35. The van der Waals surface area contributed by atoms with Crippen molar-refractivity contribution in [3.05, 3.63) is 30.1 Å². The number of piperidine rings is 1. The predicted octanol–water partition coefficient (Wildman–Crippen LogP) is 2.41. The molecule has 10 nitrogen and oxygen atoms in total. The summed E-state index contributed by atoms with van der Waals surface area (Å²) in [7, 11) is 1.59. The van der Waals surface area contributed by atoms with Crippen molar-refractivity contribution >= 4 is 17.5 Å². The van der Waals surface area contributed by atoms with Gasteiger partial charge in [0.25, 0.3) is 0 Å². The highest BCUT2D eigenvalue weighted by Crippen LogP contribution is 2.36. The van der Waals surface area contributed by atoms with Gasteiger partial charge < -0.3 is 24.4 Å². The van der Waals surface area contributed by atoms with E-state index in [0.717, 1.165) is 25.6 Å². The van der Waals surface area contributed by atoms with Crippen molar-refractivity contribution in [2.24, 2.45) is 0 Å². The topological polar surface area (TPSA) is 98.9 Å². The molecule has 0 unspecified atom stereocenters. The van der Waals surface area contributed by atoms with E-state index in [1.54, 1.807) is 13.2 Å². The van der Waals surface area contributed by atoms with Gasteiger partial charge in [-0.25, -0.2) is 4.98 Å². The Morgan fingerprint density at radius 1 is 1.24 bits per heavy atom. The monoisotopic (exact) mass is 465 g/mol. The van der Waals surface area contributed by atoms with E-state index in [1.165, 1.54) is 0 Å². The lowest BCUT2D eigenvalue weighted by Gasteiger charge is -2.33. The Labute approximate surface area is 186 Å². The maximum atomic E-state index is 13.4. The first kappa shape index (κ1) is 21.5. The van der Waals surface area contributed by atoms with Crippen molar-refractivity contribution in [1.82, 2.24) is 24.6 Å². The maximum Gasteiger partial charge on any atom is 0.423 e. The summed E-state index contributed by atoms with van der Waals surface area (Å²) in [6.45, 7) is 1.80. The molecule has 5 rings (SSSR count). The third-order valence-corrected chi connectivity index (χ3v) is 5.58. The van der Waals surface area contributed by atoms with Gasteiger partial charge in [0, 0.05) is 37.6 Å². The average molecular weight is 465 g/mol.